The minimum absolute atomic E-state index is 0.0869. The number of nitrogens with zero attached hydrogens (tertiary/aromatic N) is 1. The lowest BCUT2D eigenvalue weighted by Crippen LogP contribution is -2.51. The van der Waals surface area contributed by atoms with Crippen LogP contribution in [0.15, 0.2) is 24.3 Å². The van der Waals surface area contributed by atoms with Gasteiger partial charge in [0.25, 0.3) is 5.91 Å². The van der Waals surface area contributed by atoms with E-state index in [4.69, 9.17) is 9.47 Å². The Morgan fingerprint density at radius 2 is 2.00 bits per heavy atom. The molecular weight excluding hydrogens is 314 g/mol. The van der Waals surface area contributed by atoms with Gasteiger partial charge in [-0.15, -0.1) is 0 Å². The lowest BCUT2D eigenvalue weighted by atomic mass is 10.1. The molecule has 0 spiro atoms. The van der Waals surface area contributed by atoms with E-state index in [9.17, 15) is 9.59 Å². The van der Waals surface area contributed by atoms with Gasteiger partial charge in [0.1, 0.15) is 11.8 Å². The van der Waals surface area contributed by atoms with Crippen LogP contribution in [0, 0.1) is 0 Å². The first-order valence-corrected chi connectivity index (χ1v) is 9.00. The van der Waals surface area contributed by atoms with Crippen molar-refractivity contribution in [2.75, 3.05) is 24.7 Å². The van der Waals surface area contributed by atoms with Crippen molar-refractivity contribution in [2.45, 2.75) is 32.9 Å². The lowest BCUT2D eigenvalue weighted by Gasteiger charge is -2.33. The third-order valence-electron chi connectivity index (χ3n) is 3.42. The van der Waals surface area contributed by atoms with Crippen LogP contribution in [0.4, 0.5) is 0 Å². The molecule has 5 nitrogen and oxygen atoms in total. The molecule has 1 amide bonds. The molecule has 6 heteroatoms. The number of carbonyl (C=O) groups excluding carboxylic acids is 2. The molecule has 0 saturated carbocycles. The zero-order valence-electron chi connectivity index (χ0n) is 13.8. The Labute approximate surface area is 141 Å². The molecule has 0 bridgehead atoms. The van der Waals surface area contributed by atoms with Crippen molar-refractivity contribution in [2.24, 2.45) is 0 Å². The highest BCUT2D eigenvalue weighted by Crippen LogP contribution is 2.21. The first-order chi connectivity index (χ1) is 11.0. The molecule has 1 unspecified atom stereocenters. The molecular formula is C17H23NO4S. The van der Waals surface area contributed by atoms with Gasteiger partial charge in [0, 0.05) is 23.6 Å². The van der Waals surface area contributed by atoms with Crippen LogP contribution in [0.1, 0.15) is 31.1 Å². The Morgan fingerprint density at radius 1 is 1.30 bits per heavy atom. The van der Waals surface area contributed by atoms with Crippen molar-refractivity contribution >= 4 is 23.6 Å². The predicted octanol–water partition coefficient (Wildman–Crippen LogP) is 2.59. The molecule has 2 rings (SSSR count). The molecule has 0 N–H and O–H groups in total. The molecule has 1 fully saturated rings. The van der Waals surface area contributed by atoms with Gasteiger partial charge >= 0.3 is 5.97 Å². The lowest BCUT2D eigenvalue weighted by molar-refractivity contribution is -0.147. The number of thioether (sulfide) groups is 1. The van der Waals surface area contributed by atoms with E-state index < -0.39 is 6.04 Å². The average molecular weight is 337 g/mol. The molecule has 126 valence electrons. The van der Waals surface area contributed by atoms with E-state index in [0.29, 0.717) is 24.5 Å². The molecule has 23 heavy (non-hydrogen) atoms. The predicted molar refractivity (Wildman–Crippen MR) is 91.0 cm³/mol. The minimum Gasteiger partial charge on any atom is -0.491 e. The molecule has 1 saturated heterocycles. The van der Waals surface area contributed by atoms with Crippen LogP contribution in [-0.4, -0.2) is 53.6 Å². The smallest absolute Gasteiger partial charge is 0.329 e. The van der Waals surface area contributed by atoms with Crippen LogP contribution in [0.25, 0.3) is 0 Å². The van der Waals surface area contributed by atoms with Crippen LogP contribution >= 0.6 is 11.8 Å². The fourth-order valence-electron chi connectivity index (χ4n) is 2.39. The molecule has 0 aliphatic carbocycles. The third-order valence-corrected chi connectivity index (χ3v) is 4.44. The zero-order chi connectivity index (χ0) is 16.8. The Balaban J connectivity index is 2.11. The average Bonchev–Trinajstić information content (AvgIpc) is 2.54. The molecule has 1 aromatic carbocycles. The van der Waals surface area contributed by atoms with Gasteiger partial charge in [0.15, 0.2) is 0 Å². The Kier molecular flexibility index (Phi) is 6.33. The van der Waals surface area contributed by atoms with Crippen LogP contribution in [0.5, 0.6) is 5.75 Å². The summed E-state index contributed by atoms with van der Waals surface area (Å²) < 4.78 is 10.7. The van der Waals surface area contributed by atoms with Crippen LogP contribution in [-0.2, 0) is 9.53 Å². The fraction of sp³-hybridized carbons (Fsp3) is 0.529. The fourth-order valence-corrected chi connectivity index (χ4v) is 3.43. The minimum atomic E-state index is -0.507. The second-order valence-electron chi connectivity index (χ2n) is 5.53. The first kappa shape index (κ1) is 17.7. The van der Waals surface area contributed by atoms with Gasteiger partial charge in [-0.25, -0.2) is 4.79 Å². The Bertz CT molecular complexity index is 544. The van der Waals surface area contributed by atoms with Crippen molar-refractivity contribution in [1.82, 2.24) is 4.90 Å². The zero-order valence-corrected chi connectivity index (χ0v) is 14.6. The van der Waals surface area contributed by atoms with E-state index in [1.54, 1.807) is 47.9 Å². The van der Waals surface area contributed by atoms with Crippen LogP contribution < -0.4 is 4.74 Å². The monoisotopic (exact) mass is 337 g/mol. The summed E-state index contributed by atoms with van der Waals surface area (Å²) in [6, 6.07) is 6.54. The van der Waals surface area contributed by atoms with Gasteiger partial charge in [-0.05, 0) is 45.0 Å². The summed E-state index contributed by atoms with van der Waals surface area (Å²) in [7, 11) is 0. The van der Waals surface area contributed by atoms with Crippen molar-refractivity contribution < 1.29 is 19.1 Å². The summed E-state index contributed by atoms with van der Waals surface area (Å²) in [5.41, 5.74) is 0.558. The summed E-state index contributed by atoms with van der Waals surface area (Å²) in [4.78, 5) is 26.4. The molecule has 1 atom stereocenters. The van der Waals surface area contributed by atoms with Gasteiger partial charge in [-0.1, -0.05) is 0 Å². The second-order valence-corrected chi connectivity index (χ2v) is 6.68. The number of amides is 1. The summed E-state index contributed by atoms with van der Waals surface area (Å²) in [6.07, 6.45) is 0.0869. The van der Waals surface area contributed by atoms with Gasteiger partial charge < -0.3 is 14.4 Å². The Morgan fingerprint density at radius 3 is 2.61 bits per heavy atom. The van der Waals surface area contributed by atoms with E-state index in [0.717, 1.165) is 11.5 Å². The number of ether oxygens (including phenoxy) is 2. The van der Waals surface area contributed by atoms with Crippen LogP contribution in [0.3, 0.4) is 0 Å². The number of rotatable bonds is 5. The van der Waals surface area contributed by atoms with Gasteiger partial charge in [-0.2, -0.15) is 11.8 Å². The molecule has 1 aliphatic rings. The highest BCUT2D eigenvalue weighted by atomic mass is 32.2. The standard InChI is InChI=1S/C17H23NO4S/c1-4-21-17(20)15-11-23-10-9-18(15)16(19)13-5-7-14(8-6-13)22-12(2)3/h5-8,12,15H,4,9-11H2,1-3H3. The van der Waals surface area contributed by atoms with Crippen LogP contribution in [0.2, 0.25) is 0 Å². The summed E-state index contributed by atoms with van der Waals surface area (Å²) in [5, 5.41) is 0. The molecule has 1 heterocycles. The SMILES string of the molecule is CCOC(=O)C1CSCCN1C(=O)c1ccc(OC(C)C)cc1. The highest BCUT2D eigenvalue weighted by molar-refractivity contribution is 7.99. The van der Waals surface area contributed by atoms with Gasteiger partial charge in [0.2, 0.25) is 0 Å². The Hall–Kier alpha value is -1.69. The van der Waals surface area contributed by atoms with E-state index in [1.165, 1.54) is 0 Å². The second kappa shape index (κ2) is 8.24. The van der Waals surface area contributed by atoms with E-state index in [-0.39, 0.29) is 18.0 Å². The van der Waals surface area contributed by atoms with Crippen molar-refractivity contribution in [3.8, 4) is 5.75 Å². The van der Waals surface area contributed by atoms with Gasteiger partial charge in [-0.3, -0.25) is 4.79 Å². The van der Waals surface area contributed by atoms with Crippen molar-refractivity contribution in [3.05, 3.63) is 29.8 Å². The molecule has 1 aliphatic heterocycles. The van der Waals surface area contributed by atoms with E-state index in [2.05, 4.69) is 0 Å². The molecule has 1 aromatic rings. The number of hydrogen-bond donors (Lipinski definition) is 0. The largest absolute Gasteiger partial charge is 0.491 e. The normalized spacial score (nSPS) is 17.9. The quantitative estimate of drug-likeness (QED) is 0.773. The van der Waals surface area contributed by atoms with Gasteiger partial charge in [0.05, 0.1) is 12.7 Å². The maximum atomic E-state index is 12.7. The topological polar surface area (TPSA) is 55.8 Å². The molecule has 0 radical (unpaired) electrons. The summed E-state index contributed by atoms with van der Waals surface area (Å²) in [6.45, 7) is 6.55. The summed E-state index contributed by atoms with van der Waals surface area (Å²) >= 11 is 1.67. The molecule has 0 aromatic heterocycles. The van der Waals surface area contributed by atoms with Crippen molar-refractivity contribution in [1.29, 1.82) is 0 Å². The maximum absolute atomic E-state index is 12.7. The van der Waals surface area contributed by atoms with Crippen molar-refractivity contribution in [3.63, 3.8) is 0 Å². The number of esters is 1. The number of hydrogen-bond acceptors (Lipinski definition) is 5. The van der Waals surface area contributed by atoms with E-state index in [1.807, 2.05) is 13.8 Å². The number of carbonyl (C=O) groups is 2. The first-order valence-electron chi connectivity index (χ1n) is 7.85. The summed E-state index contributed by atoms with van der Waals surface area (Å²) in [5.74, 6) is 1.68. The highest BCUT2D eigenvalue weighted by Gasteiger charge is 2.34. The third kappa shape index (κ3) is 4.64. The maximum Gasteiger partial charge on any atom is 0.329 e. The number of benzene rings is 1. The van der Waals surface area contributed by atoms with E-state index >= 15 is 0 Å².